The molecule has 1 heterocycles. The molecule has 0 fully saturated rings. The zero-order valence-corrected chi connectivity index (χ0v) is 9.40. The van der Waals surface area contributed by atoms with Gasteiger partial charge in [0, 0.05) is 12.4 Å². The van der Waals surface area contributed by atoms with Crippen molar-refractivity contribution in [3.05, 3.63) is 18.1 Å². The molecule has 0 saturated heterocycles. The number of hydrogen-bond donors (Lipinski definition) is 2. The Labute approximate surface area is 90.0 Å². The number of nitrogens with zero attached hydrogens (tertiary/aromatic N) is 2. The van der Waals surface area contributed by atoms with Crippen LogP contribution in [0.1, 0.15) is 32.0 Å². The third-order valence-corrected chi connectivity index (χ3v) is 2.12. The molecule has 3 N–H and O–H groups in total. The van der Waals surface area contributed by atoms with Crippen LogP contribution in [0.2, 0.25) is 0 Å². The van der Waals surface area contributed by atoms with Crippen LogP contribution in [0.3, 0.4) is 0 Å². The van der Waals surface area contributed by atoms with Gasteiger partial charge in [-0.25, -0.2) is 4.98 Å². The summed E-state index contributed by atoms with van der Waals surface area (Å²) in [7, 11) is 1.58. The van der Waals surface area contributed by atoms with E-state index in [-0.39, 0.29) is 6.04 Å². The normalized spacial score (nSPS) is 12.9. The molecular formula is C10H18N4O. The van der Waals surface area contributed by atoms with Crippen LogP contribution >= 0.6 is 0 Å². The van der Waals surface area contributed by atoms with E-state index in [0.717, 1.165) is 12.1 Å². The Bertz CT molecular complexity index is 303. The molecule has 1 rings (SSSR count). The van der Waals surface area contributed by atoms with Gasteiger partial charge in [-0.3, -0.25) is 16.3 Å². The Morgan fingerprint density at radius 3 is 2.60 bits per heavy atom. The van der Waals surface area contributed by atoms with Crippen molar-refractivity contribution in [2.45, 2.75) is 26.3 Å². The Morgan fingerprint density at radius 2 is 2.07 bits per heavy atom. The number of aromatic nitrogens is 2. The summed E-state index contributed by atoms with van der Waals surface area (Å²) >= 11 is 0. The average Bonchev–Trinajstić information content (AvgIpc) is 2.25. The van der Waals surface area contributed by atoms with E-state index in [1.165, 1.54) is 0 Å². The first-order valence-corrected chi connectivity index (χ1v) is 5.00. The molecule has 0 spiro atoms. The average molecular weight is 210 g/mol. The lowest BCUT2D eigenvalue weighted by Gasteiger charge is -2.18. The molecule has 84 valence electrons. The summed E-state index contributed by atoms with van der Waals surface area (Å²) in [5.74, 6) is 6.56. The lowest BCUT2D eigenvalue weighted by Crippen LogP contribution is -2.30. The molecular weight excluding hydrogens is 192 g/mol. The van der Waals surface area contributed by atoms with Crippen LogP contribution in [0.15, 0.2) is 12.4 Å². The van der Waals surface area contributed by atoms with E-state index in [2.05, 4.69) is 29.2 Å². The molecule has 1 atom stereocenters. The summed E-state index contributed by atoms with van der Waals surface area (Å²) in [5, 5.41) is 0. The van der Waals surface area contributed by atoms with Crippen LogP contribution in [0.4, 0.5) is 0 Å². The number of nitrogens with one attached hydrogen (secondary N) is 1. The molecule has 1 aromatic rings. The number of hydrogen-bond acceptors (Lipinski definition) is 5. The molecule has 0 aliphatic carbocycles. The van der Waals surface area contributed by atoms with E-state index in [1.54, 1.807) is 19.5 Å². The highest BCUT2D eigenvalue weighted by Gasteiger charge is 2.18. The van der Waals surface area contributed by atoms with Crippen LogP contribution in [0.25, 0.3) is 0 Å². The Morgan fingerprint density at radius 1 is 1.40 bits per heavy atom. The summed E-state index contributed by atoms with van der Waals surface area (Å²) in [5.41, 5.74) is 3.50. The van der Waals surface area contributed by atoms with Crippen molar-refractivity contribution < 1.29 is 4.74 Å². The molecule has 0 saturated carbocycles. The zero-order valence-electron chi connectivity index (χ0n) is 9.40. The van der Waals surface area contributed by atoms with E-state index in [0.29, 0.717) is 11.8 Å². The fourth-order valence-electron chi connectivity index (χ4n) is 1.46. The molecule has 15 heavy (non-hydrogen) atoms. The summed E-state index contributed by atoms with van der Waals surface area (Å²) in [6, 6.07) is -0.0198. The molecule has 5 nitrogen and oxygen atoms in total. The van der Waals surface area contributed by atoms with Crippen molar-refractivity contribution in [3.8, 4) is 5.88 Å². The van der Waals surface area contributed by atoms with E-state index >= 15 is 0 Å². The van der Waals surface area contributed by atoms with Gasteiger partial charge in [-0.2, -0.15) is 0 Å². The molecule has 0 radical (unpaired) electrons. The van der Waals surface area contributed by atoms with Crippen LogP contribution in [-0.2, 0) is 0 Å². The number of nitrogens with two attached hydrogens (primary N) is 1. The quantitative estimate of drug-likeness (QED) is 0.561. The standard InChI is InChI=1S/C10H18N4O/c1-7(2)6-8(14-11)9-10(15-3)13-5-4-12-9/h4-5,7-8,14H,6,11H2,1-3H3. The van der Waals surface area contributed by atoms with Gasteiger partial charge in [-0.05, 0) is 12.3 Å². The van der Waals surface area contributed by atoms with Crippen molar-refractivity contribution >= 4 is 0 Å². The lowest BCUT2D eigenvalue weighted by atomic mass is 10.0. The molecule has 1 aromatic heterocycles. The second-order valence-electron chi connectivity index (χ2n) is 3.80. The maximum absolute atomic E-state index is 5.50. The summed E-state index contributed by atoms with van der Waals surface area (Å²) < 4.78 is 5.14. The summed E-state index contributed by atoms with van der Waals surface area (Å²) in [6.45, 7) is 4.26. The smallest absolute Gasteiger partial charge is 0.237 e. The zero-order chi connectivity index (χ0) is 11.3. The first-order valence-electron chi connectivity index (χ1n) is 5.00. The fraction of sp³-hybridized carbons (Fsp3) is 0.600. The highest BCUT2D eigenvalue weighted by atomic mass is 16.5. The number of hydrazine groups is 1. The highest BCUT2D eigenvalue weighted by Crippen LogP contribution is 2.24. The molecule has 0 aromatic carbocycles. The Hall–Kier alpha value is -1.20. The van der Waals surface area contributed by atoms with E-state index in [4.69, 9.17) is 10.6 Å². The minimum atomic E-state index is -0.0198. The van der Waals surface area contributed by atoms with Crippen molar-refractivity contribution in [3.63, 3.8) is 0 Å². The third-order valence-electron chi connectivity index (χ3n) is 2.12. The van der Waals surface area contributed by atoms with Crippen molar-refractivity contribution in [1.29, 1.82) is 0 Å². The van der Waals surface area contributed by atoms with Crippen LogP contribution in [0, 0.1) is 5.92 Å². The molecule has 0 aliphatic heterocycles. The van der Waals surface area contributed by atoms with Gasteiger partial charge in [-0.15, -0.1) is 0 Å². The van der Waals surface area contributed by atoms with Gasteiger partial charge in [0.1, 0.15) is 5.69 Å². The maximum atomic E-state index is 5.50. The minimum Gasteiger partial charge on any atom is -0.480 e. The van der Waals surface area contributed by atoms with E-state index in [9.17, 15) is 0 Å². The fourth-order valence-corrected chi connectivity index (χ4v) is 1.46. The van der Waals surface area contributed by atoms with Gasteiger partial charge in [0.2, 0.25) is 5.88 Å². The Balaban J connectivity index is 2.90. The summed E-state index contributed by atoms with van der Waals surface area (Å²) in [6.07, 6.45) is 4.14. The molecule has 1 unspecified atom stereocenters. The van der Waals surface area contributed by atoms with Gasteiger partial charge in [0.15, 0.2) is 0 Å². The Kier molecular flexibility index (Phi) is 4.45. The van der Waals surface area contributed by atoms with E-state index in [1.807, 2.05) is 0 Å². The van der Waals surface area contributed by atoms with E-state index < -0.39 is 0 Å². The van der Waals surface area contributed by atoms with Gasteiger partial charge in [0.25, 0.3) is 0 Å². The SMILES string of the molecule is COc1nccnc1C(CC(C)C)NN. The maximum Gasteiger partial charge on any atom is 0.237 e. The van der Waals surface area contributed by atoms with Crippen molar-refractivity contribution in [2.24, 2.45) is 11.8 Å². The largest absolute Gasteiger partial charge is 0.480 e. The predicted molar refractivity (Wildman–Crippen MR) is 58.1 cm³/mol. The first-order chi connectivity index (χ1) is 7.19. The number of rotatable bonds is 5. The first kappa shape index (κ1) is 11.9. The summed E-state index contributed by atoms with van der Waals surface area (Å²) in [4.78, 5) is 8.34. The second kappa shape index (κ2) is 5.63. The van der Waals surface area contributed by atoms with Gasteiger partial charge in [-0.1, -0.05) is 13.8 Å². The second-order valence-corrected chi connectivity index (χ2v) is 3.80. The molecule has 0 amide bonds. The third kappa shape index (κ3) is 3.14. The molecule has 5 heteroatoms. The van der Waals surface area contributed by atoms with Gasteiger partial charge in [0.05, 0.1) is 13.2 Å². The van der Waals surface area contributed by atoms with Gasteiger partial charge < -0.3 is 4.74 Å². The monoisotopic (exact) mass is 210 g/mol. The number of methoxy groups -OCH3 is 1. The van der Waals surface area contributed by atoms with Crippen molar-refractivity contribution in [1.82, 2.24) is 15.4 Å². The van der Waals surface area contributed by atoms with Crippen molar-refractivity contribution in [2.75, 3.05) is 7.11 Å². The highest BCUT2D eigenvalue weighted by molar-refractivity contribution is 5.20. The molecule has 0 bridgehead atoms. The van der Waals surface area contributed by atoms with Crippen LogP contribution < -0.4 is 16.0 Å². The van der Waals surface area contributed by atoms with Crippen LogP contribution in [-0.4, -0.2) is 17.1 Å². The molecule has 0 aliphatic rings. The minimum absolute atomic E-state index is 0.0198. The van der Waals surface area contributed by atoms with Crippen LogP contribution in [0.5, 0.6) is 5.88 Å². The topological polar surface area (TPSA) is 73.1 Å². The predicted octanol–water partition coefficient (Wildman–Crippen LogP) is 1.04. The number of ether oxygens (including phenoxy) is 1. The lowest BCUT2D eigenvalue weighted by molar-refractivity contribution is 0.363. The van der Waals surface area contributed by atoms with Gasteiger partial charge >= 0.3 is 0 Å².